The van der Waals surface area contributed by atoms with E-state index in [4.69, 9.17) is 5.11 Å². The van der Waals surface area contributed by atoms with Crippen molar-refractivity contribution in [2.45, 2.75) is 32.2 Å². The largest absolute Gasteiger partial charge is 0.478 e. The Labute approximate surface area is 135 Å². The fourth-order valence-electron chi connectivity index (χ4n) is 3.13. The van der Waals surface area contributed by atoms with Crippen LogP contribution >= 0.6 is 0 Å². The highest BCUT2D eigenvalue weighted by molar-refractivity contribution is 5.98. The molecule has 0 heterocycles. The van der Waals surface area contributed by atoms with Crippen molar-refractivity contribution in [1.29, 1.82) is 0 Å². The molecule has 2 aromatic carbocycles. The van der Waals surface area contributed by atoms with Gasteiger partial charge in [-0.15, -0.1) is 0 Å². The number of aromatic carboxylic acids is 1. The SMILES string of the molecule is Cc1cc(C(=O)O)cc(C(=O)NC2CCc3ccccc3C2)c1. The van der Waals surface area contributed by atoms with Crippen LogP contribution < -0.4 is 5.32 Å². The smallest absolute Gasteiger partial charge is 0.335 e. The number of carbonyl (C=O) groups is 2. The van der Waals surface area contributed by atoms with Gasteiger partial charge in [0.2, 0.25) is 0 Å². The van der Waals surface area contributed by atoms with Gasteiger partial charge in [-0.25, -0.2) is 4.79 Å². The van der Waals surface area contributed by atoms with Crippen LogP contribution in [0.15, 0.2) is 42.5 Å². The summed E-state index contributed by atoms with van der Waals surface area (Å²) in [5, 5.41) is 12.2. The summed E-state index contributed by atoms with van der Waals surface area (Å²) in [5.41, 5.74) is 3.94. The molecule has 1 atom stereocenters. The molecule has 2 N–H and O–H groups in total. The maximum Gasteiger partial charge on any atom is 0.335 e. The van der Waals surface area contributed by atoms with Crippen LogP contribution in [0.4, 0.5) is 0 Å². The molecular weight excluding hydrogens is 290 g/mol. The lowest BCUT2D eigenvalue weighted by molar-refractivity contribution is 0.0696. The van der Waals surface area contributed by atoms with Crippen LogP contribution in [0.1, 0.15) is 43.8 Å². The number of rotatable bonds is 3. The summed E-state index contributed by atoms with van der Waals surface area (Å²) >= 11 is 0. The van der Waals surface area contributed by atoms with Gasteiger partial charge >= 0.3 is 5.97 Å². The molecule has 1 unspecified atom stereocenters. The van der Waals surface area contributed by atoms with E-state index in [0.29, 0.717) is 5.56 Å². The van der Waals surface area contributed by atoms with Crippen molar-refractivity contribution < 1.29 is 14.7 Å². The van der Waals surface area contributed by atoms with Gasteiger partial charge in [-0.2, -0.15) is 0 Å². The molecule has 118 valence electrons. The normalized spacial score (nSPS) is 16.5. The quantitative estimate of drug-likeness (QED) is 0.916. The van der Waals surface area contributed by atoms with Crippen LogP contribution in [0.3, 0.4) is 0 Å². The van der Waals surface area contributed by atoms with Gasteiger partial charge in [0, 0.05) is 11.6 Å². The van der Waals surface area contributed by atoms with Gasteiger partial charge in [0.15, 0.2) is 0 Å². The molecule has 0 saturated heterocycles. The molecular formula is C19H19NO3. The zero-order valence-electron chi connectivity index (χ0n) is 13.0. The zero-order chi connectivity index (χ0) is 16.4. The highest BCUT2D eigenvalue weighted by Gasteiger charge is 2.21. The summed E-state index contributed by atoms with van der Waals surface area (Å²) < 4.78 is 0. The fraction of sp³-hybridized carbons (Fsp3) is 0.263. The number of carboxylic acid groups (broad SMARTS) is 1. The number of benzene rings is 2. The van der Waals surface area contributed by atoms with E-state index in [2.05, 4.69) is 17.4 Å². The summed E-state index contributed by atoms with van der Waals surface area (Å²) in [7, 11) is 0. The maximum atomic E-state index is 12.4. The molecule has 4 nitrogen and oxygen atoms in total. The molecule has 3 rings (SSSR count). The van der Waals surface area contributed by atoms with Crippen molar-refractivity contribution in [3.8, 4) is 0 Å². The number of hydrogen-bond acceptors (Lipinski definition) is 2. The Hall–Kier alpha value is -2.62. The molecule has 1 aliphatic carbocycles. The Morgan fingerprint density at radius 3 is 2.52 bits per heavy atom. The Morgan fingerprint density at radius 1 is 1.09 bits per heavy atom. The van der Waals surface area contributed by atoms with E-state index >= 15 is 0 Å². The first-order chi connectivity index (χ1) is 11.0. The Kier molecular flexibility index (Phi) is 4.15. The fourth-order valence-corrected chi connectivity index (χ4v) is 3.13. The van der Waals surface area contributed by atoms with Crippen molar-refractivity contribution in [3.05, 3.63) is 70.3 Å². The van der Waals surface area contributed by atoms with Gasteiger partial charge in [-0.3, -0.25) is 4.79 Å². The molecule has 0 bridgehead atoms. The second-order valence-corrected chi connectivity index (χ2v) is 6.07. The maximum absolute atomic E-state index is 12.4. The molecule has 0 saturated carbocycles. The molecule has 2 aromatic rings. The van der Waals surface area contributed by atoms with Crippen LogP contribution in [-0.4, -0.2) is 23.0 Å². The molecule has 0 radical (unpaired) electrons. The lowest BCUT2D eigenvalue weighted by Gasteiger charge is -2.25. The van der Waals surface area contributed by atoms with E-state index in [9.17, 15) is 9.59 Å². The van der Waals surface area contributed by atoms with Gasteiger partial charge in [0.25, 0.3) is 5.91 Å². The number of nitrogens with one attached hydrogen (secondary N) is 1. The van der Waals surface area contributed by atoms with E-state index in [0.717, 1.165) is 24.8 Å². The van der Waals surface area contributed by atoms with Gasteiger partial charge in [-0.05, 0) is 61.1 Å². The Bertz CT molecular complexity index is 767. The third-order valence-corrected chi connectivity index (χ3v) is 4.27. The molecule has 0 spiro atoms. The summed E-state index contributed by atoms with van der Waals surface area (Å²) in [4.78, 5) is 23.6. The van der Waals surface area contributed by atoms with Crippen molar-refractivity contribution in [3.63, 3.8) is 0 Å². The van der Waals surface area contributed by atoms with Crippen LogP contribution in [0.5, 0.6) is 0 Å². The molecule has 0 aromatic heterocycles. The van der Waals surface area contributed by atoms with E-state index in [1.165, 1.54) is 17.2 Å². The van der Waals surface area contributed by atoms with Gasteiger partial charge in [0.1, 0.15) is 0 Å². The summed E-state index contributed by atoms with van der Waals surface area (Å²) in [6.45, 7) is 1.79. The van der Waals surface area contributed by atoms with Crippen LogP contribution in [0.25, 0.3) is 0 Å². The van der Waals surface area contributed by atoms with Crippen LogP contribution in [0.2, 0.25) is 0 Å². The Balaban J connectivity index is 1.74. The third kappa shape index (κ3) is 3.42. The van der Waals surface area contributed by atoms with E-state index in [-0.39, 0.29) is 17.5 Å². The van der Waals surface area contributed by atoms with Crippen molar-refractivity contribution in [2.75, 3.05) is 0 Å². The number of carbonyl (C=O) groups excluding carboxylic acids is 1. The topological polar surface area (TPSA) is 66.4 Å². The Morgan fingerprint density at radius 2 is 1.78 bits per heavy atom. The van der Waals surface area contributed by atoms with Crippen LogP contribution in [-0.2, 0) is 12.8 Å². The minimum Gasteiger partial charge on any atom is -0.478 e. The number of fused-ring (bicyclic) bond motifs is 1. The predicted molar refractivity (Wildman–Crippen MR) is 87.9 cm³/mol. The monoisotopic (exact) mass is 309 g/mol. The van der Waals surface area contributed by atoms with Gasteiger partial charge in [0.05, 0.1) is 5.56 Å². The highest BCUT2D eigenvalue weighted by Crippen LogP contribution is 2.21. The summed E-state index contributed by atoms with van der Waals surface area (Å²) in [6, 6.07) is 13.1. The minimum absolute atomic E-state index is 0.0891. The van der Waals surface area contributed by atoms with Crippen LogP contribution in [0, 0.1) is 6.92 Å². The van der Waals surface area contributed by atoms with Crippen molar-refractivity contribution >= 4 is 11.9 Å². The second kappa shape index (κ2) is 6.24. The van der Waals surface area contributed by atoms with Crippen molar-refractivity contribution in [1.82, 2.24) is 5.32 Å². The first-order valence-corrected chi connectivity index (χ1v) is 7.75. The molecule has 0 fully saturated rings. The van der Waals surface area contributed by atoms with Gasteiger partial charge in [-0.1, -0.05) is 24.3 Å². The van der Waals surface area contributed by atoms with Gasteiger partial charge < -0.3 is 10.4 Å². The molecule has 0 aliphatic heterocycles. The average molecular weight is 309 g/mol. The third-order valence-electron chi connectivity index (χ3n) is 4.27. The molecule has 23 heavy (non-hydrogen) atoms. The lowest BCUT2D eigenvalue weighted by atomic mass is 9.88. The van der Waals surface area contributed by atoms with E-state index in [1.807, 2.05) is 12.1 Å². The number of amides is 1. The first-order valence-electron chi connectivity index (χ1n) is 7.75. The molecule has 4 heteroatoms. The number of carboxylic acids is 1. The summed E-state index contributed by atoms with van der Waals surface area (Å²) in [6.07, 6.45) is 2.68. The second-order valence-electron chi connectivity index (χ2n) is 6.07. The minimum atomic E-state index is -1.02. The lowest BCUT2D eigenvalue weighted by Crippen LogP contribution is -2.38. The van der Waals surface area contributed by atoms with E-state index in [1.54, 1.807) is 19.1 Å². The first kappa shape index (κ1) is 15.3. The number of hydrogen-bond donors (Lipinski definition) is 2. The van der Waals surface area contributed by atoms with Crippen molar-refractivity contribution in [2.24, 2.45) is 0 Å². The molecule has 1 amide bonds. The standard InChI is InChI=1S/C19H19NO3/c1-12-8-15(10-16(9-12)19(22)23)18(21)20-17-7-6-13-4-2-3-5-14(13)11-17/h2-5,8-10,17H,6-7,11H2,1H3,(H,20,21)(H,22,23). The summed E-state index contributed by atoms with van der Waals surface area (Å²) in [5.74, 6) is -1.23. The number of aryl methyl sites for hydroxylation is 2. The van der Waals surface area contributed by atoms with E-state index < -0.39 is 5.97 Å². The highest BCUT2D eigenvalue weighted by atomic mass is 16.4. The zero-order valence-corrected chi connectivity index (χ0v) is 13.0. The molecule has 1 aliphatic rings. The predicted octanol–water partition coefficient (Wildman–Crippen LogP) is 2.98. The average Bonchev–Trinajstić information content (AvgIpc) is 2.54.